The minimum absolute atomic E-state index is 0. The van der Waals surface area contributed by atoms with Crippen LogP contribution >= 0.6 is 24.8 Å². The lowest BCUT2D eigenvalue weighted by Crippen LogP contribution is -2.20. The van der Waals surface area contributed by atoms with E-state index < -0.39 is 6.03 Å². The van der Waals surface area contributed by atoms with E-state index in [1.165, 1.54) is 0 Å². The van der Waals surface area contributed by atoms with Crippen LogP contribution in [0.15, 0.2) is 0 Å². The quantitative estimate of drug-likeness (QED) is 0.299. The van der Waals surface area contributed by atoms with Crippen molar-refractivity contribution in [3.63, 3.8) is 0 Å². The third-order valence-electron chi connectivity index (χ3n) is 0.316. The number of thiocyanates is 1. The number of hydrogen-bond donors (Lipinski definition) is 3. The van der Waals surface area contributed by atoms with E-state index in [1.54, 1.807) is 5.40 Å². The van der Waals surface area contributed by atoms with Crippen LogP contribution in [0, 0.1) is 10.7 Å². The summed E-state index contributed by atoms with van der Waals surface area (Å²) in [6.45, 7) is 0. The molecule has 2 amide bonds. The lowest BCUT2D eigenvalue weighted by molar-refractivity contribution is 0.247. The molecule has 7 heteroatoms. The van der Waals surface area contributed by atoms with Crippen LogP contribution in [0.5, 0.6) is 0 Å². The van der Waals surface area contributed by atoms with Crippen molar-refractivity contribution in [2.75, 3.05) is 0 Å². The van der Waals surface area contributed by atoms with E-state index in [9.17, 15) is 4.79 Å². The highest BCUT2D eigenvalue weighted by Crippen LogP contribution is 2.08. The van der Waals surface area contributed by atoms with Gasteiger partial charge in [0.2, 0.25) is 0 Å². The van der Waals surface area contributed by atoms with Gasteiger partial charge in [-0.2, -0.15) is 8.97 Å². The molecular weight excluding hydrogens is 160 g/mol. The van der Waals surface area contributed by atoms with Crippen molar-refractivity contribution in [1.29, 1.82) is 5.26 Å². The van der Waals surface area contributed by atoms with Crippen LogP contribution in [-0.2, 0) is 0 Å². The summed E-state index contributed by atoms with van der Waals surface area (Å²) in [6, 6.07) is -0.750. The Labute approximate surface area is 62.4 Å². The molecule has 0 aromatic rings. The zero-order valence-corrected chi connectivity index (χ0v) is 6.15. The molecule has 0 aliphatic heterocycles. The van der Waals surface area contributed by atoms with E-state index in [4.69, 9.17) is 5.26 Å². The van der Waals surface area contributed by atoms with Gasteiger partial charge in [0, 0.05) is 0 Å². The number of thiol groups is 1. The molecule has 0 aliphatic rings. The Balaban J connectivity index is 0. The van der Waals surface area contributed by atoms with E-state index >= 15 is 0 Å². The molecule has 0 radical (unpaired) electrons. The number of urea groups is 1. The molecule has 5 N–H and O–H groups in total. The van der Waals surface area contributed by atoms with E-state index in [0.29, 0.717) is 11.9 Å². The highest BCUT2D eigenvalue weighted by molar-refractivity contribution is 8.09. The summed E-state index contributed by atoms with van der Waals surface area (Å²) < 4.78 is 0.736. The summed E-state index contributed by atoms with van der Waals surface area (Å²) in [5, 5.41) is 9.51. The molecule has 0 aromatic carbocycles. The van der Waals surface area contributed by atoms with Crippen LogP contribution in [0.25, 0.3) is 0 Å². The van der Waals surface area contributed by atoms with Crippen molar-refractivity contribution in [1.82, 2.24) is 9.86 Å². The number of nitrogens with two attached hydrogens (primary N) is 1. The molecule has 0 bridgehead atoms. The van der Waals surface area contributed by atoms with Gasteiger partial charge in [-0.3, -0.25) is 0 Å². The van der Waals surface area contributed by atoms with Gasteiger partial charge in [-0.25, -0.2) is 4.79 Å². The molecule has 0 spiro atoms. The van der Waals surface area contributed by atoms with E-state index in [0.717, 1.165) is 3.71 Å². The first-order chi connectivity index (χ1) is 3.68. The maximum absolute atomic E-state index is 9.99. The van der Waals surface area contributed by atoms with Gasteiger partial charge in [-0.05, 0) is 12.8 Å². The van der Waals surface area contributed by atoms with Crippen molar-refractivity contribution >= 4 is 30.8 Å². The highest BCUT2D eigenvalue weighted by Gasteiger charge is 2.01. The van der Waals surface area contributed by atoms with Gasteiger partial charge in [0.05, 0.1) is 11.9 Å². The molecule has 9 heavy (non-hydrogen) atoms. The minimum atomic E-state index is -0.750. The van der Waals surface area contributed by atoms with Crippen LogP contribution in [0.4, 0.5) is 4.79 Å². The van der Waals surface area contributed by atoms with Gasteiger partial charge >= 0.3 is 6.03 Å². The Bertz CT molecular complexity index is 131. The van der Waals surface area contributed by atoms with Gasteiger partial charge in [0.15, 0.2) is 5.40 Å². The molecule has 0 aromatic heterocycles. The summed E-state index contributed by atoms with van der Waals surface area (Å²) in [6.07, 6.45) is 0. The van der Waals surface area contributed by atoms with Crippen LogP contribution in [-0.4, -0.2) is 9.74 Å². The summed E-state index contributed by atoms with van der Waals surface area (Å²) in [5.41, 5.74) is 4.66. The average molecular weight is 166 g/mol. The molecule has 0 heterocycles. The van der Waals surface area contributed by atoms with Gasteiger partial charge in [0.1, 0.15) is 0 Å². The lowest BCUT2D eigenvalue weighted by Gasteiger charge is -2.01. The normalized spacial score (nSPS) is 6.67. The van der Waals surface area contributed by atoms with E-state index in [2.05, 4.69) is 18.5 Å². The summed E-state index contributed by atoms with van der Waals surface area (Å²) in [4.78, 5) is 9.99. The Kier molecular flexibility index (Phi) is 6.94. The van der Waals surface area contributed by atoms with Crippen molar-refractivity contribution in [2.24, 2.45) is 5.73 Å². The van der Waals surface area contributed by atoms with Crippen molar-refractivity contribution in [3.05, 3.63) is 0 Å². The lowest BCUT2D eigenvalue weighted by atomic mass is 11.2. The molecule has 0 rings (SSSR count). The van der Waals surface area contributed by atoms with Crippen LogP contribution in [0.3, 0.4) is 0 Å². The fourth-order valence-electron chi connectivity index (χ4n) is 0.0837. The number of amides is 2. The third kappa shape index (κ3) is 5.29. The average Bonchev–Trinajstić information content (AvgIpc) is 1.67. The first-order valence-corrected chi connectivity index (χ1v) is 2.70. The van der Waals surface area contributed by atoms with Crippen molar-refractivity contribution in [2.45, 2.75) is 0 Å². The number of rotatable bonds is 1. The monoisotopic (exact) mass is 166 g/mol. The Morgan fingerprint density at radius 3 is 2.44 bits per heavy atom. The molecule has 0 unspecified atom stereocenters. The standard InChI is InChI=1S/C2H3N3OS2.H3N/c3-1-8-5(7)2(4)6;/h7H,(H2,4,6);1H3. The molecule has 0 atom stereocenters. The number of carbonyl (C=O) groups is 1. The van der Waals surface area contributed by atoms with Crippen molar-refractivity contribution in [3.8, 4) is 5.40 Å². The Morgan fingerprint density at radius 2 is 2.33 bits per heavy atom. The van der Waals surface area contributed by atoms with Crippen LogP contribution < -0.4 is 11.9 Å². The zero-order chi connectivity index (χ0) is 6.57. The summed E-state index contributed by atoms with van der Waals surface area (Å²) >= 11 is 4.07. The second kappa shape index (κ2) is 5.55. The largest absolute Gasteiger partial charge is 0.350 e. The maximum atomic E-state index is 9.99. The van der Waals surface area contributed by atoms with Gasteiger partial charge < -0.3 is 11.9 Å². The first-order valence-electron chi connectivity index (χ1n) is 1.53. The SMILES string of the molecule is N.N#CSN(S)C(N)=O. The molecule has 52 valence electrons. The topological polar surface area (TPSA) is 105 Å². The summed E-state index contributed by atoms with van der Waals surface area (Å²) in [5.74, 6) is 0. The highest BCUT2D eigenvalue weighted by atomic mass is 32.2. The second-order valence-electron chi connectivity index (χ2n) is 0.794. The predicted octanol–water partition coefficient (Wildman–Crippen LogP) is 0.503. The molecule has 0 aliphatic carbocycles. The molecule has 0 saturated carbocycles. The van der Waals surface area contributed by atoms with Gasteiger partial charge in [-0.15, -0.1) is 0 Å². The van der Waals surface area contributed by atoms with Crippen molar-refractivity contribution < 1.29 is 4.79 Å². The zero-order valence-electron chi connectivity index (χ0n) is 4.44. The van der Waals surface area contributed by atoms with E-state index in [1.807, 2.05) is 0 Å². The number of carbonyl (C=O) groups excluding carboxylic acids is 1. The smallest absolute Gasteiger partial charge is 0.335 e. The maximum Gasteiger partial charge on any atom is 0.335 e. The Hall–Kier alpha value is -0.580. The minimum Gasteiger partial charge on any atom is -0.350 e. The molecule has 0 saturated heterocycles. The fraction of sp³-hybridized carbons (Fsp3) is 0. The second-order valence-corrected chi connectivity index (χ2v) is 2.19. The van der Waals surface area contributed by atoms with E-state index in [-0.39, 0.29) is 6.15 Å². The third-order valence-corrected chi connectivity index (χ3v) is 1.19. The number of hydrogen-bond acceptors (Lipinski definition) is 5. The number of primary amides is 1. The Morgan fingerprint density at radius 1 is 1.89 bits per heavy atom. The predicted molar refractivity (Wildman–Crippen MR) is 38.6 cm³/mol. The molecule has 0 fully saturated rings. The van der Waals surface area contributed by atoms with Gasteiger partial charge in [-0.1, -0.05) is 0 Å². The fourth-order valence-corrected chi connectivity index (χ4v) is 0.361. The van der Waals surface area contributed by atoms with Crippen LogP contribution in [0.1, 0.15) is 0 Å². The first kappa shape index (κ1) is 11.2. The summed E-state index contributed by atoms with van der Waals surface area (Å²) in [7, 11) is 0. The molecule has 5 nitrogen and oxygen atoms in total. The van der Waals surface area contributed by atoms with Crippen LogP contribution in [0.2, 0.25) is 0 Å². The van der Waals surface area contributed by atoms with Gasteiger partial charge in [0.25, 0.3) is 0 Å². The number of nitrogens with zero attached hydrogens (tertiary/aromatic N) is 2. The molecular formula is C2H6N4OS2. The number of nitriles is 1.